The lowest BCUT2D eigenvalue weighted by molar-refractivity contribution is 0.0429. The molecule has 0 bridgehead atoms. The van der Waals surface area contributed by atoms with E-state index in [1.807, 2.05) is 0 Å². The minimum Gasteiger partial charge on any atom is -0.489 e. The molecule has 1 aromatic rings. The van der Waals surface area contributed by atoms with Crippen LogP contribution in [-0.4, -0.2) is 42.4 Å². The molecular weight excluding hydrogens is 309 g/mol. The Bertz CT molecular complexity index is 460. The number of likely N-dealkylation sites (tertiary alicyclic amines) is 1. The summed E-state index contributed by atoms with van der Waals surface area (Å²) in [7, 11) is 0. The van der Waals surface area contributed by atoms with Crippen molar-refractivity contribution in [2.24, 2.45) is 11.8 Å². The standard InChI is InChI=1S/C16H23Cl2NO2/c1-11-5-12(2)8-19(7-11)9-14(20)10-21-16-4-3-13(17)6-15(16)18/h3-4,6,11-12,14,20H,5,7-10H2,1-2H3/t11-,12-,14-/m0/s1. The number of ether oxygens (including phenoxy) is 1. The molecular formula is C16H23Cl2NO2. The average Bonchev–Trinajstić information content (AvgIpc) is 2.36. The van der Waals surface area contributed by atoms with Crippen molar-refractivity contribution in [3.63, 3.8) is 0 Å². The van der Waals surface area contributed by atoms with E-state index in [1.165, 1.54) is 6.42 Å². The summed E-state index contributed by atoms with van der Waals surface area (Å²) in [5.74, 6) is 1.93. The smallest absolute Gasteiger partial charge is 0.138 e. The van der Waals surface area contributed by atoms with E-state index in [2.05, 4.69) is 18.7 Å². The summed E-state index contributed by atoms with van der Waals surface area (Å²) in [6, 6.07) is 5.09. The Kier molecular flexibility index (Phi) is 6.18. The monoisotopic (exact) mass is 331 g/mol. The van der Waals surface area contributed by atoms with E-state index in [-0.39, 0.29) is 6.61 Å². The molecule has 118 valence electrons. The highest BCUT2D eigenvalue weighted by molar-refractivity contribution is 6.35. The molecule has 1 aliphatic rings. The molecule has 3 nitrogen and oxygen atoms in total. The van der Waals surface area contributed by atoms with E-state index in [1.54, 1.807) is 18.2 Å². The Morgan fingerprint density at radius 2 is 1.95 bits per heavy atom. The van der Waals surface area contributed by atoms with Crippen molar-refractivity contribution in [3.8, 4) is 5.75 Å². The second kappa shape index (κ2) is 7.68. The largest absolute Gasteiger partial charge is 0.489 e. The molecule has 3 atom stereocenters. The predicted molar refractivity (Wildman–Crippen MR) is 87.3 cm³/mol. The van der Waals surface area contributed by atoms with Crippen molar-refractivity contribution in [3.05, 3.63) is 28.2 Å². The molecule has 1 fully saturated rings. The number of hydrogen-bond acceptors (Lipinski definition) is 3. The highest BCUT2D eigenvalue weighted by Crippen LogP contribution is 2.27. The first-order chi connectivity index (χ1) is 9.94. The van der Waals surface area contributed by atoms with Gasteiger partial charge in [0.2, 0.25) is 0 Å². The number of nitrogens with zero attached hydrogens (tertiary/aromatic N) is 1. The number of hydrogen-bond donors (Lipinski definition) is 1. The Hall–Kier alpha value is -0.480. The van der Waals surface area contributed by atoms with Gasteiger partial charge in [-0.25, -0.2) is 0 Å². The summed E-state index contributed by atoms with van der Waals surface area (Å²) in [6.45, 7) is 7.49. The number of rotatable bonds is 5. The van der Waals surface area contributed by atoms with Crippen LogP contribution in [0.1, 0.15) is 20.3 Å². The lowest BCUT2D eigenvalue weighted by Gasteiger charge is -2.35. The summed E-state index contributed by atoms with van der Waals surface area (Å²) in [5, 5.41) is 11.2. The van der Waals surface area contributed by atoms with Crippen molar-refractivity contribution in [2.45, 2.75) is 26.4 Å². The Morgan fingerprint density at radius 3 is 2.57 bits per heavy atom. The van der Waals surface area contributed by atoms with Gasteiger partial charge in [0.05, 0.1) is 5.02 Å². The van der Waals surface area contributed by atoms with Crippen LogP contribution < -0.4 is 4.74 Å². The number of piperidine rings is 1. The maximum Gasteiger partial charge on any atom is 0.138 e. The molecule has 0 saturated carbocycles. The first kappa shape index (κ1) is 16.9. The summed E-state index contributed by atoms with van der Waals surface area (Å²) >= 11 is 11.9. The summed E-state index contributed by atoms with van der Waals surface area (Å²) < 4.78 is 5.58. The SMILES string of the molecule is C[C@H]1C[C@H](C)CN(C[C@H](O)COc2ccc(Cl)cc2Cl)C1. The van der Waals surface area contributed by atoms with E-state index in [9.17, 15) is 5.11 Å². The van der Waals surface area contributed by atoms with Crippen molar-refractivity contribution in [2.75, 3.05) is 26.2 Å². The summed E-state index contributed by atoms with van der Waals surface area (Å²) in [5.41, 5.74) is 0. The highest BCUT2D eigenvalue weighted by Gasteiger charge is 2.23. The molecule has 2 rings (SSSR count). The quantitative estimate of drug-likeness (QED) is 0.892. The minimum absolute atomic E-state index is 0.237. The van der Waals surface area contributed by atoms with Gasteiger partial charge in [-0.15, -0.1) is 0 Å². The maximum absolute atomic E-state index is 10.1. The molecule has 0 unspecified atom stereocenters. The average molecular weight is 332 g/mol. The molecule has 0 radical (unpaired) electrons. The third kappa shape index (κ3) is 5.33. The zero-order chi connectivity index (χ0) is 15.4. The normalized spacial score (nSPS) is 24.8. The summed E-state index contributed by atoms with van der Waals surface area (Å²) in [4.78, 5) is 2.32. The predicted octanol–water partition coefficient (Wildman–Crippen LogP) is 3.71. The van der Waals surface area contributed by atoms with Crippen molar-refractivity contribution in [1.29, 1.82) is 0 Å². The highest BCUT2D eigenvalue weighted by atomic mass is 35.5. The lowest BCUT2D eigenvalue weighted by atomic mass is 9.92. The van der Waals surface area contributed by atoms with Crippen LogP contribution in [0.15, 0.2) is 18.2 Å². The van der Waals surface area contributed by atoms with Gasteiger partial charge in [0.15, 0.2) is 0 Å². The van der Waals surface area contributed by atoms with Crippen LogP contribution in [0.4, 0.5) is 0 Å². The zero-order valence-corrected chi connectivity index (χ0v) is 14.1. The van der Waals surface area contributed by atoms with Crippen molar-refractivity contribution < 1.29 is 9.84 Å². The molecule has 0 aliphatic carbocycles. The van der Waals surface area contributed by atoms with Gasteiger partial charge in [0.1, 0.15) is 18.5 Å². The third-order valence-corrected chi connectivity index (χ3v) is 4.27. The van der Waals surface area contributed by atoms with E-state index in [0.717, 1.165) is 13.1 Å². The van der Waals surface area contributed by atoms with E-state index < -0.39 is 6.10 Å². The molecule has 0 amide bonds. The van der Waals surface area contributed by atoms with Gasteiger partial charge in [0, 0.05) is 24.7 Å². The molecule has 0 spiro atoms. The summed E-state index contributed by atoms with van der Waals surface area (Å²) in [6.07, 6.45) is 0.748. The van der Waals surface area contributed by atoms with Crippen molar-refractivity contribution >= 4 is 23.2 Å². The van der Waals surface area contributed by atoms with Crippen LogP contribution in [0.25, 0.3) is 0 Å². The number of benzene rings is 1. The second-order valence-electron chi connectivity index (χ2n) is 6.20. The minimum atomic E-state index is -0.519. The molecule has 0 aromatic heterocycles. The van der Waals surface area contributed by atoms with Crippen LogP contribution in [0, 0.1) is 11.8 Å². The van der Waals surface area contributed by atoms with Crippen molar-refractivity contribution in [1.82, 2.24) is 4.90 Å². The van der Waals surface area contributed by atoms with Gasteiger partial charge in [-0.05, 0) is 36.5 Å². The van der Waals surface area contributed by atoms with Gasteiger partial charge in [-0.2, -0.15) is 0 Å². The van der Waals surface area contributed by atoms with Crippen LogP contribution >= 0.6 is 23.2 Å². The van der Waals surface area contributed by atoms with E-state index in [0.29, 0.717) is 34.2 Å². The fourth-order valence-corrected chi connectivity index (χ4v) is 3.53. The maximum atomic E-state index is 10.1. The molecule has 1 aromatic carbocycles. The second-order valence-corrected chi connectivity index (χ2v) is 7.05. The molecule has 1 saturated heterocycles. The van der Waals surface area contributed by atoms with Crippen LogP contribution in [-0.2, 0) is 0 Å². The van der Waals surface area contributed by atoms with E-state index >= 15 is 0 Å². The fourth-order valence-electron chi connectivity index (χ4n) is 3.07. The zero-order valence-electron chi connectivity index (χ0n) is 12.6. The lowest BCUT2D eigenvalue weighted by Crippen LogP contribution is -2.44. The topological polar surface area (TPSA) is 32.7 Å². The first-order valence-electron chi connectivity index (χ1n) is 7.42. The Balaban J connectivity index is 1.80. The third-order valence-electron chi connectivity index (χ3n) is 3.74. The van der Waals surface area contributed by atoms with Gasteiger partial charge < -0.3 is 14.7 Å². The van der Waals surface area contributed by atoms with Crippen LogP contribution in [0.3, 0.4) is 0 Å². The molecule has 1 aliphatic heterocycles. The number of β-amino-alcohol motifs (C(OH)–C–C–N with tert-alkyl or cyclic N) is 1. The van der Waals surface area contributed by atoms with Crippen LogP contribution in [0.5, 0.6) is 5.75 Å². The Morgan fingerprint density at radius 1 is 1.29 bits per heavy atom. The van der Waals surface area contributed by atoms with Gasteiger partial charge in [-0.3, -0.25) is 0 Å². The first-order valence-corrected chi connectivity index (χ1v) is 8.18. The fraction of sp³-hybridized carbons (Fsp3) is 0.625. The molecule has 21 heavy (non-hydrogen) atoms. The Labute approximate surface area is 136 Å². The van der Waals surface area contributed by atoms with Crippen LogP contribution in [0.2, 0.25) is 10.0 Å². The van der Waals surface area contributed by atoms with Gasteiger partial charge >= 0.3 is 0 Å². The number of halogens is 2. The number of aliphatic hydroxyl groups excluding tert-OH is 1. The van der Waals surface area contributed by atoms with Gasteiger partial charge in [0.25, 0.3) is 0 Å². The number of aliphatic hydroxyl groups is 1. The van der Waals surface area contributed by atoms with E-state index in [4.69, 9.17) is 27.9 Å². The van der Waals surface area contributed by atoms with Gasteiger partial charge in [-0.1, -0.05) is 37.0 Å². The molecule has 1 heterocycles. The molecule has 1 N–H and O–H groups in total. The molecule has 5 heteroatoms.